The van der Waals surface area contributed by atoms with Gasteiger partial charge >= 0.3 is 0 Å². The molecule has 2 N–H and O–H groups in total. The smallest absolute Gasteiger partial charge is 0.165 e. The monoisotopic (exact) mass is 284 g/mol. The Balaban J connectivity index is 2.56. The highest BCUT2D eigenvalue weighted by Crippen LogP contribution is 2.32. The van der Waals surface area contributed by atoms with Crippen molar-refractivity contribution in [1.29, 1.82) is 0 Å². The topological polar surface area (TPSA) is 56.7 Å². The maximum absolute atomic E-state index is 6.21. The van der Waals surface area contributed by atoms with E-state index in [1.54, 1.807) is 6.07 Å². The third kappa shape index (κ3) is 2.36. The van der Waals surface area contributed by atoms with Gasteiger partial charge in [0.2, 0.25) is 0 Å². The first kappa shape index (κ1) is 13.3. The molecule has 4 nitrogen and oxygen atoms in total. The summed E-state index contributed by atoms with van der Waals surface area (Å²) in [7, 11) is 0. The summed E-state index contributed by atoms with van der Waals surface area (Å²) in [6.07, 6.45) is 0.968. The van der Waals surface area contributed by atoms with Gasteiger partial charge in [-0.1, -0.05) is 36.2 Å². The second-order valence-corrected chi connectivity index (χ2v) is 4.68. The van der Waals surface area contributed by atoms with E-state index in [4.69, 9.17) is 28.9 Å². The lowest BCUT2D eigenvalue weighted by molar-refractivity contribution is 0.644. The summed E-state index contributed by atoms with van der Waals surface area (Å²) < 4.78 is 1.98. The number of rotatable bonds is 4. The van der Waals surface area contributed by atoms with Crippen LogP contribution in [0.15, 0.2) is 18.2 Å². The van der Waals surface area contributed by atoms with Gasteiger partial charge in [-0.3, -0.25) is 0 Å². The Hall–Kier alpha value is -1.10. The SMILES string of the molecule is CCCn1c(CN)nnc1-c1cccc(Cl)c1Cl. The van der Waals surface area contributed by atoms with Crippen LogP contribution in [0, 0.1) is 0 Å². The van der Waals surface area contributed by atoms with Crippen LogP contribution < -0.4 is 5.73 Å². The maximum atomic E-state index is 6.21. The number of nitrogens with two attached hydrogens (primary N) is 1. The van der Waals surface area contributed by atoms with E-state index < -0.39 is 0 Å². The summed E-state index contributed by atoms with van der Waals surface area (Å²) in [4.78, 5) is 0. The van der Waals surface area contributed by atoms with Crippen LogP contribution in [0.2, 0.25) is 10.0 Å². The zero-order valence-electron chi connectivity index (χ0n) is 10.0. The van der Waals surface area contributed by atoms with Gasteiger partial charge in [0.15, 0.2) is 5.82 Å². The number of benzene rings is 1. The lowest BCUT2D eigenvalue weighted by Gasteiger charge is -2.09. The van der Waals surface area contributed by atoms with E-state index in [1.165, 1.54) is 0 Å². The number of halogens is 2. The zero-order chi connectivity index (χ0) is 13.1. The molecule has 2 rings (SSSR count). The van der Waals surface area contributed by atoms with Crippen LogP contribution in [0.1, 0.15) is 19.2 Å². The number of hydrogen-bond donors (Lipinski definition) is 1. The standard InChI is InChI=1S/C12H14Cl2N4/c1-2-6-18-10(7-15)16-17-12(18)8-4-3-5-9(13)11(8)14/h3-5H,2,6-7,15H2,1H3. The molecule has 0 atom stereocenters. The largest absolute Gasteiger partial charge is 0.324 e. The highest BCUT2D eigenvalue weighted by atomic mass is 35.5. The number of hydrogen-bond acceptors (Lipinski definition) is 3. The second kappa shape index (κ2) is 5.69. The first-order valence-corrected chi connectivity index (χ1v) is 6.51. The zero-order valence-corrected chi connectivity index (χ0v) is 11.5. The van der Waals surface area contributed by atoms with Crippen LogP contribution in [0.3, 0.4) is 0 Å². The molecule has 1 aromatic heterocycles. The van der Waals surface area contributed by atoms with Crippen molar-refractivity contribution in [3.63, 3.8) is 0 Å². The minimum absolute atomic E-state index is 0.352. The summed E-state index contributed by atoms with van der Waals surface area (Å²) in [6, 6.07) is 5.47. The van der Waals surface area contributed by atoms with E-state index in [0.717, 1.165) is 24.4 Å². The molecule has 0 spiro atoms. The molecule has 0 unspecified atom stereocenters. The van der Waals surface area contributed by atoms with Crippen molar-refractivity contribution in [2.24, 2.45) is 5.73 Å². The van der Waals surface area contributed by atoms with Gasteiger partial charge in [0, 0.05) is 12.1 Å². The summed E-state index contributed by atoms with van der Waals surface area (Å²) in [5, 5.41) is 9.26. The quantitative estimate of drug-likeness (QED) is 0.939. The van der Waals surface area contributed by atoms with Crippen molar-refractivity contribution in [2.75, 3.05) is 0 Å². The van der Waals surface area contributed by atoms with E-state index in [9.17, 15) is 0 Å². The fourth-order valence-corrected chi connectivity index (χ4v) is 2.21. The van der Waals surface area contributed by atoms with Crippen molar-refractivity contribution >= 4 is 23.2 Å². The van der Waals surface area contributed by atoms with Gasteiger partial charge < -0.3 is 10.3 Å². The number of aromatic nitrogens is 3. The summed E-state index contributed by atoms with van der Waals surface area (Å²) in [5.74, 6) is 1.47. The van der Waals surface area contributed by atoms with Crippen LogP contribution in [-0.2, 0) is 13.1 Å². The van der Waals surface area contributed by atoms with Gasteiger partial charge in [0.1, 0.15) is 5.82 Å². The van der Waals surface area contributed by atoms with Crippen LogP contribution in [0.25, 0.3) is 11.4 Å². The van der Waals surface area contributed by atoms with Crippen molar-refractivity contribution in [3.05, 3.63) is 34.1 Å². The third-order valence-electron chi connectivity index (χ3n) is 2.65. The molecule has 0 saturated heterocycles. The molecule has 0 aliphatic rings. The third-order valence-corrected chi connectivity index (χ3v) is 3.47. The highest BCUT2D eigenvalue weighted by Gasteiger charge is 2.15. The van der Waals surface area contributed by atoms with Gasteiger partial charge in [-0.15, -0.1) is 10.2 Å². The first-order valence-electron chi connectivity index (χ1n) is 5.75. The van der Waals surface area contributed by atoms with E-state index >= 15 is 0 Å². The van der Waals surface area contributed by atoms with E-state index in [2.05, 4.69) is 17.1 Å². The van der Waals surface area contributed by atoms with E-state index in [-0.39, 0.29) is 0 Å². The van der Waals surface area contributed by atoms with Crippen LogP contribution >= 0.6 is 23.2 Å². The summed E-state index contributed by atoms with van der Waals surface area (Å²) in [6.45, 7) is 3.24. The van der Waals surface area contributed by atoms with Crippen LogP contribution in [0.4, 0.5) is 0 Å². The molecular weight excluding hydrogens is 271 g/mol. The molecule has 0 fully saturated rings. The molecule has 0 aliphatic heterocycles. The maximum Gasteiger partial charge on any atom is 0.165 e. The number of nitrogens with zero attached hydrogens (tertiary/aromatic N) is 3. The molecule has 0 radical (unpaired) electrons. The van der Waals surface area contributed by atoms with Crippen molar-refractivity contribution in [1.82, 2.24) is 14.8 Å². The van der Waals surface area contributed by atoms with Crippen LogP contribution in [-0.4, -0.2) is 14.8 Å². The Morgan fingerprint density at radius 3 is 2.72 bits per heavy atom. The van der Waals surface area contributed by atoms with Gasteiger partial charge in [-0.05, 0) is 18.6 Å². The average molecular weight is 285 g/mol. The molecule has 0 amide bonds. The Bertz CT molecular complexity index is 551. The predicted octanol–water partition coefficient (Wildman–Crippen LogP) is 3.12. The average Bonchev–Trinajstić information content (AvgIpc) is 2.76. The molecule has 18 heavy (non-hydrogen) atoms. The van der Waals surface area contributed by atoms with Crippen LogP contribution in [0.5, 0.6) is 0 Å². The molecule has 0 aliphatic carbocycles. The van der Waals surface area contributed by atoms with Gasteiger partial charge in [0.05, 0.1) is 16.6 Å². The highest BCUT2D eigenvalue weighted by molar-refractivity contribution is 6.43. The predicted molar refractivity (Wildman–Crippen MR) is 73.7 cm³/mol. The fourth-order valence-electron chi connectivity index (χ4n) is 1.82. The molecule has 1 aromatic carbocycles. The van der Waals surface area contributed by atoms with E-state index in [0.29, 0.717) is 22.4 Å². The molecule has 0 bridgehead atoms. The lowest BCUT2D eigenvalue weighted by Crippen LogP contribution is -2.09. The van der Waals surface area contributed by atoms with Crippen molar-refractivity contribution in [2.45, 2.75) is 26.4 Å². The Labute approximate surface area is 116 Å². The molecule has 2 aromatic rings. The van der Waals surface area contributed by atoms with Gasteiger partial charge in [-0.2, -0.15) is 0 Å². The minimum Gasteiger partial charge on any atom is -0.324 e. The van der Waals surface area contributed by atoms with E-state index in [1.807, 2.05) is 16.7 Å². The minimum atomic E-state index is 0.352. The lowest BCUT2D eigenvalue weighted by atomic mass is 10.2. The Morgan fingerprint density at radius 2 is 2.06 bits per heavy atom. The van der Waals surface area contributed by atoms with Gasteiger partial charge in [-0.25, -0.2) is 0 Å². The Morgan fingerprint density at radius 1 is 1.28 bits per heavy atom. The summed E-state index contributed by atoms with van der Waals surface area (Å²) >= 11 is 12.2. The fraction of sp³-hybridized carbons (Fsp3) is 0.333. The second-order valence-electron chi connectivity index (χ2n) is 3.90. The van der Waals surface area contributed by atoms with Crippen molar-refractivity contribution in [3.8, 4) is 11.4 Å². The Kier molecular flexibility index (Phi) is 4.22. The first-order chi connectivity index (χ1) is 8.69. The summed E-state index contributed by atoms with van der Waals surface area (Å²) in [5.41, 5.74) is 6.44. The van der Waals surface area contributed by atoms with Gasteiger partial charge in [0.25, 0.3) is 0 Å². The molecular formula is C12H14Cl2N4. The molecule has 1 heterocycles. The van der Waals surface area contributed by atoms with Crippen molar-refractivity contribution < 1.29 is 0 Å². The molecule has 96 valence electrons. The molecule has 0 saturated carbocycles. The normalized spacial score (nSPS) is 10.9. The molecule has 6 heteroatoms.